The highest BCUT2D eigenvalue weighted by molar-refractivity contribution is 5.68. The first-order valence-corrected chi connectivity index (χ1v) is 7.48. The molecule has 2 atom stereocenters. The lowest BCUT2D eigenvalue weighted by Crippen LogP contribution is -2.41. The number of carbonyl (C=O) groups is 1. The monoisotopic (exact) mass is 269 g/mol. The lowest BCUT2D eigenvalue weighted by atomic mass is 9.91. The topological polar surface area (TPSA) is 49.8 Å². The van der Waals surface area contributed by atoms with E-state index >= 15 is 0 Å². The van der Waals surface area contributed by atoms with E-state index in [0.717, 1.165) is 37.8 Å². The average Bonchev–Trinajstić information content (AvgIpc) is 3.06. The van der Waals surface area contributed by atoms with Crippen LogP contribution in [-0.2, 0) is 4.74 Å². The molecule has 110 valence electrons. The fourth-order valence-electron chi connectivity index (χ4n) is 2.93. The van der Waals surface area contributed by atoms with Crippen LogP contribution in [-0.4, -0.2) is 41.4 Å². The first-order chi connectivity index (χ1) is 8.89. The van der Waals surface area contributed by atoms with E-state index in [4.69, 9.17) is 9.84 Å². The molecule has 1 saturated carbocycles. The summed E-state index contributed by atoms with van der Waals surface area (Å²) < 4.78 is 5.39. The zero-order valence-corrected chi connectivity index (χ0v) is 12.4. The predicted molar refractivity (Wildman–Crippen MR) is 73.8 cm³/mol. The van der Waals surface area contributed by atoms with Gasteiger partial charge in [0.15, 0.2) is 0 Å². The van der Waals surface area contributed by atoms with E-state index in [-0.39, 0.29) is 6.09 Å². The Morgan fingerprint density at radius 3 is 2.37 bits per heavy atom. The minimum Gasteiger partial charge on any atom is -0.444 e. The summed E-state index contributed by atoms with van der Waals surface area (Å²) in [7, 11) is 0. The molecular formula is C15H27NO3. The van der Waals surface area contributed by atoms with Crippen LogP contribution in [0.4, 0.5) is 4.79 Å². The molecule has 2 rings (SSSR count). The Labute approximate surface area is 116 Å². The van der Waals surface area contributed by atoms with Crippen molar-refractivity contribution >= 4 is 6.09 Å². The molecule has 1 N–H and O–H groups in total. The number of hydrogen-bond donors (Lipinski definition) is 1. The largest absolute Gasteiger partial charge is 0.444 e. The summed E-state index contributed by atoms with van der Waals surface area (Å²) in [4.78, 5) is 13.8. The van der Waals surface area contributed by atoms with E-state index in [0.29, 0.717) is 12.5 Å². The quantitative estimate of drug-likeness (QED) is 0.857. The van der Waals surface area contributed by atoms with E-state index < -0.39 is 5.60 Å². The highest BCUT2D eigenvalue weighted by atomic mass is 16.6. The van der Waals surface area contributed by atoms with Crippen LogP contribution in [0.2, 0.25) is 0 Å². The Balaban J connectivity index is 1.69. The third-order valence-corrected chi connectivity index (χ3v) is 4.21. The van der Waals surface area contributed by atoms with Crippen LogP contribution in [0.3, 0.4) is 0 Å². The number of likely N-dealkylation sites (tertiary alicyclic amines) is 1. The molecule has 1 heterocycles. The maximum absolute atomic E-state index is 11.9. The summed E-state index contributed by atoms with van der Waals surface area (Å²) in [6, 6.07) is 0. The molecule has 1 saturated heterocycles. The molecule has 0 spiro atoms. The van der Waals surface area contributed by atoms with Gasteiger partial charge in [-0.1, -0.05) is 0 Å². The van der Waals surface area contributed by atoms with Crippen molar-refractivity contribution < 1.29 is 14.6 Å². The summed E-state index contributed by atoms with van der Waals surface area (Å²) in [5.74, 6) is 2.02. The van der Waals surface area contributed by atoms with Crippen LogP contribution in [0.25, 0.3) is 0 Å². The van der Waals surface area contributed by atoms with Gasteiger partial charge >= 0.3 is 6.09 Å². The highest BCUT2D eigenvalue weighted by Crippen LogP contribution is 2.44. The number of hydrogen-bond acceptors (Lipinski definition) is 3. The molecular weight excluding hydrogens is 242 g/mol. The van der Waals surface area contributed by atoms with Crippen LogP contribution in [0.15, 0.2) is 0 Å². The van der Waals surface area contributed by atoms with Crippen molar-refractivity contribution in [3.8, 4) is 0 Å². The van der Waals surface area contributed by atoms with Crippen LogP contribution < -0.4 is 0 Å². The van der Waals surface area contributed by atoms with Crippen molar-refractivity contribution in [2.75, 3.05) is 19.7 Å². The van der Waals surface area contributed by atoms with Gasteiger partial charge in [-0.05, 0) is 64.2 Å². The van der Waals surface area contributed by atoms with Crippen LogP contribution in [0.5, 0.6) is 0 Å². The van der Waals surface area contributed by atoms with Gasteiger partial charge in [0.1, 0.15) is 5.60 Å². The van der Waals surface area contributed by atoms with E-state index in [1.165, 1.54) is 12.8 Å². The fraction of sp³-hybridized carbons (Fsp3) is 0.933. The zero-order valence-electron chi connectivity index (χ0n) is 12.4. The lowest BCUT2D eigenvalue weighted by Gasteiger charge is -2.33. The average molecular weight is 269 g/mol. The van der Waals surface area contributed by atoms with E-state index in [2.05, 4.69) is 0 Å². The van der Waals surface area contributed by atoms with Gasteiger partial charge in [-0.25, -0.2) is 4.79 Å². The number of piperidine rings is 1. The van der Waals surface area contributed by atoms with Crippen molar-refractivity contribution in [1.82, 2.24) is 4.90 Å². The van der Waals surface area contributed by atoms with Crippen molar-refractivity contribution in [1.29, 1.82) is 0 Å². The van der Waals surface area contributed by atoms with Crippen molar-refractivity contribution in [3.05, 3.63) is 0 Å². The van der Waals surface area contributed by atoms with Crippen LogP contribution in [0.1, 0.15) is 46.5 Å². The van der Waals surface area contributed by atoms with Gasteiger partial charge in [-0.3, -0.25) is 0 Å². The number of carbonyl (C=O) groups excluding carboxylic acids is 1. The summed E-state index contributed by atoms with van der Waals surface area (Å²) >= 11 is 0. The molecule has 0 aromatic heterocycles. The molecule has 1 amide bonds. The molecule has 0 aromatic rings. The van der Waals surface area contributed by atoms with Gasteiger partial charge in [0.2, 0.25) is 0 Å². The third-order valence-electron chi connectivity index (χ3n) is 4.21. The first-order valence-electron chi connectivity index (χ1n) is 7.48. The second-order valence-electron chi connectivity index (χ2n) is 7.08. The summed E-state index contributed by atoms with van der Waals surface area (Å²) in [5.41, 5.74) is -0.406. The SMILES string of the molecule is CC(C)(C)OC(=O)N1CCC(CC2C[C@@H]2CO)CC1. The lowest BCUT2D eigenvalue weighted by molar-refractivity contribution is 0.0179. The number of nitrogens with zero attached hydrogens (tertiary/aromatic N) is 1. The van der Waals surface area contributed by atoms with E-state index in [1.807, 2.05) is 25.7 Å². The smallest absolute Gasteiger partial charge is 0.410 e. The molecule has 0 bridgehead atoms. The molecule has 1 aliphatic heterocycles. The minimum atomic E-state index is -0.406. The zero-order chi connectivity index (χ0) is 14.0. The molecule has 0 aromatic carbocycles. The number of ether oxygens (including phenoxy) is 1. The Bertz CT molecular complexity index is 316. The molecule has 4 nitrogen and oxygen atoms in total. The molecule has 19 heavy (non-hydrogen) atoms. The van der Waals surface area contributed by atoms with E-state index in [1.54, 1.807) is 0 Å². The Morgan fingerprint density at radius 2 is 1.89 bits per heavy atom. The van der Waals surface area contributed by atoms with Crippen LogP contribution >= 0.6 is 0 Å². The normalized spacial score (nSPS) is 28.3. The Kier molecular flexibility index (Phi) is 4.39. The number of aliphatic hydroxyl groups is 1. The third kappa shape index (κ3) is 4.37. The second kappa shape index (κ2) is 5.70. The Morgan fingerprint density at radius 1 is 1.26 bits per heavy atom. The molecule has 4 heteroatoms. The molecule has 2 aliphatic rings. The minimum absolute atomic E-state index is 0.175. The molecule has 1 aliphatic carbocycles. The van der Waals surface area contributed by atoms with Gasteiger partial charge in [0, 0.05) is 19.7 Å². The number of amides is 1. The number of aliphatic hydroxyl groups excluding tert-OH is 1. The highest BCUT2D eigenvalue weighted by Gasteiger charge is 2.38. The first kappa shape index (κ1) is 14.6. The molecule has 1 unspecified atom stereocenters. The van der Waals surface area contributed by atoms with Gasteiger partial charge in [-0.2, -0.15) is 0 Å². The van der Waals surface area contributed by atoms with Crippen molar-refractivity contribution in [2.45, 2.75) is 52.1 Å². The number of rotatable bonds is 3. The Hall–Kier alpha value is -0.770. The standard InChI is InChI=1S/C15H27NO3/c1-15(2,3)19-14(18)16-6-4-11(5-7-16)8-12-9-13(12)10-17/h11-13,17H,4-10H2,1-3H3/t12?,13-/m1/s1. The maximum Gasteiger partial charge on any atom is 0.410 e. The summed E-state index contributed by atoms with van der Waals surface area (Å²) in [6.07, 6.45) is 4.41. The summed E-state index contributed by atoms with van der Waals surface area (Å²) in [5, 5.41) is 9.06. The van der Waals surface area contributed by atoms with E-state index in [9.17, 15) is 4.79 Å². The van der Waals surface area contributed by atoms with Gasteiger partial charge in [0.05, 0.1) is 0 Å². The predicted octanol–water partition coefficient (Wildman–Crippen LogP) is 2.65. The second-order valence-corrected chi connectivity index (χ2v) is 7.08. The molecule has 0 radical (unpaired) electrons. The van der Waals surface area contributed by atoms with Crippen molar-refractivity contribution in [3.63, 3.8) is 0 Å². The van der Waals surface area contributed by atoms with Gasteiger partial charge < -0.3 is 14.7 Å². The maximum atomic E-state index is 11.9. The van der Waals surface area contributed by atoms with Gasteiger partial charge in [0.25, 0.3) is 0 Å². The molecule has 2 fully saturated rings. The van der Waals surface area contributed by atoms with Crippen LogP contribution in [0, 0.1) is 17.8 Å². The van der Waals surface area contributed by atoms with Crippen molar-refractivity contribution in [2.24, 2.45) is 17.8 Å². The summed E-state index contributed by atoms with van der Waals surface area (Å²) in [6.45, 7) is 7.69. The van der Waals surface area contributed by atoms with Gasteiger partial charge in [-0.15, -0.1) is 0 Å². The fourth-order valence-corrected chi connectivity index (χ4v) is 2.93.